The van der Waals surface area contributed by atoms with Crippen molar-refractivity contribution in [2.45, 2.75) is 40.0 Å². The summed E-state index contributed by atoms with van der Waals surface area (Å²) in [5.74, 6) is -0.160. The maximum absolute atomic E-state index is 12.9. The van der Waals surface area contributed by atoms with Gasteiger partial charge in [-0.2, -0.15) is 5.10 Å². The molecule has 2 amide bonds. The van der Waals surface area contributed by atoms with Gasteiger partial charge in [-0.1, -0.05) is 12.1 Å². The molecule has 1 aliphatic heterocycles. The van der Waals surface area contributed by atoms with Crippen molar-refractivity contribution in [1.29, 1.82) is 0 Å². The number of anilines is 2. The van der Waals surface area contributed by atoms with E-state index in [-0.39, 0.29) is 11.8 Å². The van der Waals surface area contributed by atoms with Crippen molar-refractivity contribution in [2.24, 2.45) is 0 Å². The minimum absolute atomic E-state index is 0.0371. The first-order valence-corrected chi connectivity index (χ1v) is 9.79. The number of hydrogen-bond acceptors (Lipinski definition) is 3. The van der Waals surface area contributed by atoms with Gasteiger partial charge in [-0.05, 0) is 74.6 Å². The number of nitrogens with zero attached hydrogens (tertiary/aromatic N) is 2. The Morgan fingerprint density at radius 2 is 1.93 bits per heavy atom. The molecule has 1 aliphatic rings. The molecule has 0 fully saturated rings. The molecule has 0 saturated carbocycles. The van der Waals surface area contributed by atoms with Crippen molar-refractivity contribution in [3.63, 3.8) is 0 Å². The number of benzene rings is 2. The Bertz CT molecular complexity index is 1110. The zero-order chi connectivity index (χ0) is 20.5. The van der Waals surface area contributed by atoms with Gasteiger partial charge < -0.3 is 10.6 Å². The number of hydrogen-bond donors (Lipinski definition) is 2. The van der Waals surface area contributed by atoms with Crippen LogP contribution >= 0.6 is 0 Å². The molecule has 6 nitrogen and oxygen atoms in total. The lowest BCUT2D eigenvalue weighted by Gasteiger charge is -2.11. The fourth-order valence-corrected chi connectivity index (χ4v) is 3.67. The van der Waals surface area contributed by atoms with Crippen LogP contribution in [0.4, 0.5) is 11.4 Å². The van der Waals surface area contributed by atoms with E-state index in [0.717, 1.165) is 46.6 Å². The third-order valence-electron chi connectivity index (χ3n) is 5.33. The van der Waals surface area contributed by atoms with Gasteiger partial charge in [0.25, 0.3) is 5.91 Å². The van der Waals surface area contributed by atoms with E-state index < -0.39 is 0 Å². The molecule has 2 N–H and O–H groups in total. The Labute approximate surface area is 169 Å². The molecule has 2 heterocycles. The molecular formula is C23H24N4O2. The van der Waals surface area contributed by atoms with Crippen LogP contribution in [-0.2, 0) is 11.2 Å². The van der Waals surface area contributed by atoms with Gasteiger partial charge in [-0.3, -0.25) is 9.59 Å². The van der Waals surface area contributed by atoms with E-state index >= 15 is 0 Å². The van der Waals surface area contributed by atoms with E-state index in [2.05, 4.69) is 33.9 Å². The minimum Gasteiger partial charge on any atom is -0.326 e. The quantitative estimate of drug-likeness (QED) is 0.701. The van der Waals surface area contributed by atoms with Gasteiger partial charge in [-0.25, -0.2) is 4.68 Å². The van der Waals surface area contributed by atoms with Crippen LogP contribution < -0.4 is 10.6 Å². The van der Waals surface area contributed by atoms with Crippen LogP contribution in [0.1, 0.15) is 45.6 Å². The van der Waals surface area contributed by atoms with E-state index in [1.165, 1.54) is 0 Å². The highest BCUT2D eigenvalue weighted by atomic mass is 16.2. The summed E-state index contributed by atoms with van der Waals surface area (Å²) >= 11 is 0. The summed E-state index contributed by atoms with van der Waals surface area (Å²) in [4.78, 5) is 24.6. The Morgan fingerprint density at radius 1 is 1.10 bits per heavy atom. The van der Waals surface area contributed by atoms with Crippen LogP contribution in [0.25, 0.3) is 5.69 Å². The van der Waals surface area contributed by atoms with Crippen LogP contribution in [0.5, 0.6) is 0 Å². The molecule has 4 rings (SSSR count). The third kappa shape index (κ3) is 3.78. The average molecular weight is 388 g/mol. The Morgan fingerprint density at radius 3 is 2.76 bits per heavy atom. The van der Waals surface area contributed by atoms with Crippen molar-refractivity contribution >= 4 is 23.2 Å². The van der Waals surface area contributed by atoms with Crippen molar-refractivity contribution in [2.75, 3.05) is 10.6 Å². The molecule has 0 atom stereocenters. The second kappa shape index (κ2) is 7.54. The summed E-state index contributed by atoms with van der Waals surface area (Å²) in [5, 5.41) is 10.3. The second-order valence-electron chi connectivity index (χ2n) is 7.57. The molecule has 148 valence electrons. The number of aromatic nitrogens is 2. The van der Waals surface area contributed by atoms with Crippen molar-refractivity contribution in [3.8, 4) is 5.69 Å². The van der Waals surface area contributed by atoms with E-state index in [9.17, 15) is 9.59 Å². The molecule has 2 aromatic carbocycles. The first kappa shape index (κ1) is 18.9. The molecule has 1 aromatic heterocycles. The molecule has 6 heteroatoms. The average Bonchev–Trinajstić information content (AvgIpc) is 2.96. The molecule has 3 aromatic rings. The number of carbonyl (C=O) groups excluding carboxylic acids is 2. The topological polar surface area (TPSA) is 76.0 Å². The number of carbonyl (C=O) groups is 2. The maximum atomic E-state index is 12.9. The van der Waals surface area contributed by atoms with E-state index in [4.69, 9.17) is 0 Å². The standard InChI is InChI=1S/C23H24N4O2/c1-14-7-8-15(2)21(11-14)27-16(3)19(13-24-27)23(29)25-18-9-10-20-17(12-18)5-4-6-22(28)26-20/h7-13H,4-6H2,1-3H3,(H,25,29)(H,26,28). The Balaban J connectivity index is 1.58. The van der Waals surface area contributed by atoms with Crippen LogP contribution in [0.2, 0.25) is 0 Å². The lowest BCUT2D eigenvalue weighted by atomic mass is 10.1. The van der Waals surface area contributed by atoms with Crippen LogP contribution in [0.15, 0.2) is 42.6 Å². The highest BCUT2D eigenvalue weighted by Crippen LogP contribution is 2.26. The summed E-state index contributed by atoms with van der Waals surface area (Å²) < 4.78 is 1.81. The SMILES string of the molecule is Cc1ccc(C)c(-n2ncc(C(=O)Nc3ccc4c(c3)CCCC(=O)N4)c2C)c1. The normalized spacial score (nSPS) is 13.4. The summed E-state index contributed by atoms with van der Waals surface area (Å²) in [5.41, 5.74) is 7.12. The van der Waals surface area contributed by atoms with Gasteiger partial charge in [0.05, 0.1) is 23.1 Å². The first-order valence-electron chi connectivity index (χ1n) is 9.79. The largest absolute Gasteiger partial charge is 0.326 e. The van der Waals surface area contributed by atoms with Gasteiger partial charge in [0.15, 0.2) is 0 Å². The van der Waals surface area contributed by atoms with Gasteiger partial charge in [0, 0.05) is 17.8 Å². The molecule has 0 spiro atoms. The summed E-state index contributed by atoms with van der Waals surface area (Å²) in [7, 11) is 0. The molecule has 0 saturated heterocycles. The van der Waals surface area contributed by atoms with E-state index in [0.29, 0.717) is 17.7 Å². The summed E-state index contributed by atoms with van der Waals surface area (Å²) in [6.07, 6.45) is 3.74. The fraction of sp³-hybridized carbons (Fsp3) is 0.261. The zero-order valence-electron chi connectivity index (χ0n) is 16.9. The van der Waals surface area contributed by atoms with E-state index in [1.807, 2.05) is 43.7 Å². The van der Waals surface area contributed by atoms with Crippen LogP contribution in [0.3, 0.4) is 0 Å². The van der Waals surface area contributed by atoms with Gasteiger partial charge in [-0.15, -0.1) is 0 Å². The molecule has 29 heavy (non-hydrogen) atoms. The lowest BCUT2D eigenvalue weighted by Crippen LogP contribution is -2.14. The van der Waals surface area contributed by atoms with Crippen molar-refractivity contribution < 1.29 is 9.59 Å². The molecule has 0 unspecified atom stereocenters. The second-order valence-corrected chi connectivity index (χ2v) is 7.57. The van der Waals surface area contributed by atoms with Gasteiger partial charge >= 0.3 is 0 Å². The molecule has 0 radical (unpaired) electrons. The Hall–Kier alpha value is -3.41. The summed E-state index contributed by atoms with van der Waals surface area (Å²) in [6, 6.07) is 11.8. The van der Waals surface area contributed by atoms with E-state index in [1.54, 1.807) is 6.20 Å². The van der Waals surface area contributed by atoms with Gasteiger partial charge in [0.1, 0.15) is 0 Å². The first-order chi connectivity index (χ1) is 13.9. The highest BCUT2D eigenvalue weighted by Gasteiger charge is 2.18. The fourth-order valence-electron chi connectivity index (χ4n) is 3.67. The highest BCUT2D eigenvalue weighted by molar-refractivity contribution is 6.05. The molecule has 0 bridgehead atoms. The number of nitrogens with one attached hydrogen (secondary N) is 2. The number of rotatable bonds is 3. The number of fused-ring (bicyclic) bond motifs is 1. The maximum Gasteiger partial charge on any atom is 0.259 e. The van der Waals surface area contributed by atoms with Crippen LogP contribution in [0, 0.1) is 20.8 Å². The predicted octanol–water partition coefficient (Wildman–Crippen LogP) is 4.32. The monoisotopic (exact) mass is 388 g/mol. The van der Waals surface area contributed by atoms with Crippen molar-refractivity contribution in [3.05, 3.63) is 70.5 Å². The smallest absolute Gasteiger partial charge is 0.259 e. The van der Waals surface area contributed by atoms with Crippen molar-refractivity contribution in [1.82, 2.24) is 9.78 Å². The Kier molecular flexibility index (Phi) is 4.92. The number of aryl methyl sites for hydroxylation is 3. The summed E-state index contributed by atoms with van der Waals surface area (Å²) in [6.45, 7) is 5.97. The molecular weight excluding hydrogens is 364 g/mol. The van der Waals surface area contributed by atoms with Gasteiger partial charge in [0.2, 0.25) is 5.91 Å². The van der Waals surface area contributed by atoms with Crippen LogP contribution in [-0.4, -0.2) is 21.6 Å². The zero-order valence-corrected chi connectivity index (χ0v) is 16.9. The predicted molar refractivity (Wildman–Crippen MR) is 114 cm³/mol. The number of amides is 2. The minimum atomic E-state index is -0.198. The lowest BCUT2D eigenvalue weighted by molar-refractivity contribution is -0.116. The third-order valence-corrected chi connectivity index (χ3v) is 5.33. The molecule has 0 aliphatic carbocycles.